The molecule has 2 rings (SSSR count). The van der Waals surface area contributed by atoms with Crippen LogP contribution in [0.5, 0.6) is 0 Å². The van der Waals surface area contributed by atoms with Gasteiger partial charge in [-0.1, -0.05) is 34.3 Å². The lowest BCUT2D eigenvalue weighted by Crippen LogP contribution is -2.32. The van der Waals surface area contributed by atoms with E-state index in [0.29, 0.717) is 13.2 Å². The summed E-state index contributed by atoms with van der Waals surface area (Å²) in [5, 5.41) is 14.3. The van der Waals surface area contributed by atoms with Gasteiger partial charge in [0.2, 0.25) is 11.8 Å². The van der Waals surface area contributed by atoms with Crippen LogP contribution in [0.15, 0.2) is 12.8 Å². The Labute approximate surface area is 181 Å². The van der Waals surface area contributed by atoms with E-state index in [-0.39, 0.29) is 47.6 Å². The SMILES string of the molecule is C=COCC.CC1(C)C[C@H](CO)NC1=O.CCOC(C)OC[C@H]1CC(C)(C)C(=O)N1. The van der Waals surface area contributed by atoms with Crippen molar-refractivity contribution in [2.45, 2.75) is 79.7 Å². The van der Waals surface area contributed by atoms with E-state index in [2.05, 4.69) is 21.9 Å². The maximum absolute atomic E-state index is 11.5. The molecule has 2 aliphatic heterocycles. The molecule has 1 unspecified atom stereocenters. The molecule has 0 saturated carbocycles. The number of aliphatic hydroxyl groups excluding tert-OH is 1. The summed E-state index contributed by atoms with van der Waals surface area (Å²) in [6.07, 6.45) is 2.79. The monoisotopic (exact) mass is 430 g/mol. The van der Waals surface area contributed by atoms with Crippen LogP contribution in [0.2, 0.25) is 0 Å². The number of aliphatic hydroxyl groups is 1. The molecule has 2 fully saturated rings. The fraction of sp³-hybridized carbons (Fsp3) is 0.818. The predicted molar refractivity (Wildman–Crippen MR) is 117 cm³/mol. The van der Waals surface area contributed by atoms with E-state index >= 15 is 0 Å². The van der Waals surface area contributed by atoms with Crippen LogP contribution in [0.1, 0.15) is 61.3 Å². The molecular weight excluding hydrogens is 388 g/mol. The van der Waals surface area contributed by atoms with Gasteiger partial charge in [0.15, 0.2) is 6.29 Å². The molecule has 3 atom stereocenters. The lowest BCUT2D eigenvalue weighted by Gasteiger charge is -2.16. The molecule has 8 heteroatoms. The topological polar surface area (TPSA) is 106 Å². The Morgan fingerprint density at radius 1 is 1.03 bits per heavy atom. The zero-order chi connectivity index (χ0) is 23.4. The van der Waals surface area contributed by atoms with Gasteiger partial charge in [0.1, 0.15) is 0 Å². The maximum atomic E-state index is 11.5. The summed E-state index contributed by atoms with van der Waals surface area (Å²) < 4.78 is 15.3. The Morgan fingerprint density at radius 3 is 1.80 bits per heavy atom. The highest BCUT2D eigenvalue weighted by atomic mass is 16.7. The average Bonchev–Trinajstić information content (AvgIpc) is 3.08. The third-order valence-corrected chi connectivity index (χ3v) is 4.85. The first-order valence-corrected chi connectivity index (χ1v) is 10.6. The van der Waals surface area contributed by atoms with E-state index in [1.54, 1.807) is 0 Å². The van der Waals surface area contributed by atoms with Gasteiger partial charge in [-0.15, -0.1) is 0 Å². The normalized spacial score (nSPS) is 24.4. The van der Waals surface area contributed by atoms with Gasteiger partial charge in [-0.05, 0) is 33.6 Å². The highest BCUT2D eigenvalue weighted by Crippen LogP contribution is 2.29. The molecule has 176 valence electrons. The van der Waals surface area contributed by atoms with Gasteiger partial charge in [0.05, 0.1) is 38.2 Å². The van der Waals surface area contributed by atoms with E-state index in [4.69, 9.17) is 14.6 Å². The van der Waals surface area contributed by atoms with Crippen molar-refractivity contribution in [2.24, 2.45) is 10.8 Å². The molecule has 30 heavy (non-hydrogen) atoms. The molecule has 0 spiro atoms. The third kappa shape index (κ3) is 10.4. The number of hydrogen-bond donors (Lipinski definition) is 3. The van der Waals surface area contributed by atoms with Crippen LogP contribution in [0, 0.1) is 10.8 Å². The molecule has 8 nitrogen and oxygen atoms in total. The maximum Gasteiger partial charge on any atom is 0.226 e. The summed E-state index contributed by atoms with van der Waals surface area (Å²) in [6, 6.07) is 0.0953. The van der Waals surface area contributed by atoms with Crippen LogP contribution in [-0.2, 0) is 23.8 Å². The van der Waals surface area contributed by atoms with Gasteiger partial charge < -0.3 is 30.0 Å². The van der Waals surface area contributed by atoms with Crippen LogP contribution in [0.4, 0.5) is 0 Å². The zero-order valence-corrected chi connectivity index (χ0v) is 19.7. The lowest BCUT2D eigenvalue weighted by molar-refractivity contribution is -0.133. The number of ether oxygens (including phenoxy) is 3. The Kier molecular flexibility index (Phi) is 12.9. The van der Waals surface area contributed by atoms with Crippen molar-refractivity contribution in [2.75, 3.05) is 26.4 Å². The van der Waals surface area contributed by atoms with E-state index in [1.807, 2.05) is 48.5 Å². The fourth-order valence-electron chi connectivity index (χ4n) is 3.14. The zero-order valence-electron chi connectivity index (χ0n) is 19.7. The molecule has 3 N–H and O–H groups in total. The molecule has 0 bridgehead atoms. The minimum Gasteiger partial charge on any atom is -0.502 e. The minimum absolute atomic E-state index is 0.0255. The fourth-order valence-corrected chi connectivity index (χ4v) is 3.14. The molecule has 2 aliphatic rings. The van der Waals surface area contributed by atoms with Crippen LogP contribution in [0.25, 0.3) is 0 Å². The Hall–Kier alpha value is -1.64. The summed E-state index contributed by atoms with van der Waals surface area (Å²) in [5.41, 5.74) is -0.545. The highest BCUT2D eigenvalue weighted by Gasteiger charge is 2.39. The largest absolute Gasteiger partial charge is 0.502 e. The van der Waals surface area contributed by atoms with E-state index in [9.17, 15) is 9.59 Å². The predicted octanol–water partition coefficient (Wildman–Crippen LogP) is 2.36. The van der Waals surface area contributed by atoms with Crippen molar-refractivity contribution < 1.29 is 28.9 Å². The van der Waals surface area contributed by atoms with Gasteiger partial charge in [0.25, 0.3) is 0 Å². The Morgan fingerprint density at radius 2 is 1.53 bits per heavy atom. The first-order valence-electron chi connectivity index (χ1n) is 10.6. The molecular formula is C22H42N2O6. The van der Waals surface area contributed by atoms with Gasteiger partial charge in [-0.3, -0.25) is 9.59 Å². The summed E-state index contributed by atoms with van der Waals surface area (Å²) in [4.78, 5) is 22.5. The van der Waals surface area contributed by atoms with Crippen molar-refractivity contribution >= 4 is 11.8 Å². The first-order chi connectivity index (χ1) is 13.9. The van der Waals surface area contributed by atoms with Crippen LogP contribution in [-0.4, -0.2) is 61.7 Å². The molecule has 2 amide bonds. The van der Waals surface area contributed by atoms with Gasteiger partial charge in [0, 0.05) is 17.4 Å². The second kappa shape index (κ2) is 13.6. The van der Waals surface area contributed by atoms with E-state index < -0.39 is 0 Å². The van der Waals surface area contributed by atoms with Crippen molar-refractivity contribution in [1.29, 1.82) is 0 Å². The molecule has 2 heterocycles. The second-order valence-electron chi connectivity index (χ2n) is 8.68. The number of hydrogen-bond acceptors (Lipinski definition) is 6. The summed E-state index contributed by atoms with van der Waals surface area (Å²) >= 11 is 0. The Balaban J connectivity index is 0.000000481. The molecule has 0 aromatic carbocycles. The number of amides is 2. The molecule has 2 saturated heterocycles. The van der Waals surface area contributed by atoms with Crippen molar-refractivity contribution in [3.05, 3.63) is 12.8 Å². The standard InChI is InChI=1S/C11H21NO3.C7H13NO2.C4H8O/c1-5-14-8(2)15-7-9-6-11(3,4)10(13)12-9;1-7(2)3-5(4-9)8-6(7)10;1-3-5-4-2/h8-9H,5-7H2,1-4H3,(H,12,13);5,9H,3-4H2,1-2H3,(H,8,10);3H,1,4H2,2H3/t8?,9-;5-;/m11./s1. The van der Waals surface area contributed by atoms with Crippen LogP contribution in [0.3, 0.4) is 0 Å². The lowest BCUT2D eigenvalue weighted by atomic mass is 9.90. The number of nitrogens with one attached hydrogen (secondary N) is 2. The molecule has 0 aromatic rings. The van der Waals surface area contributed by atoms with Crippen molar-refractivity contribution in [3.8, 4) is 0 Å². The van der Waals surface area contributed by atoms with Gasteiger partial charge >= 0.3 is 0 Å². The van der Waals surface area contributed by atoms with Crippen LogP contribution >= 0.6 is 0 Å². The molecule has 0 aromatic heterocycles. The summed E-state index contributed by atoms with van der Waals surface area (Å²) in [5.74, 6) is 0.159. The quantitative estimate of drug-likeness (QED) is 0.403. The summed E-state index contributed by atoms with van der Waals surface area (Å²) in [6.45, 7) is 18.7. The number of rotatable bonds is 8. The van der Waals surface area contributed by atoms with Gasteiger partial charge in [-0.25, -0.2) is 0 Å². The second-order valence-corrected chi connectivity index (χ2v) is 8.68. The third-order valence-electron chi connectivity index (χ3n) is 4.85. The average molecular weight is 431 g/mol. The van der Waals surface area contributed by atoms with E-state index in [0.717, 1.165) is 19.4 Å². The smallest absolute Gasteiger partial charge is 0.226 e. The molecule has 0 radical (unpaired) electrons. The number of carbonyl (C=O) groups is 2. The highest BCUT2D eigenvalue weighted by molar-refractivity contribution is 5.84. The van der Waals surface area contributed by atoms with Gasteiger partial charge in [-0.2, -0.15) is 0 Å². The summed E-state index contributed by atoms with van der Waals surface area (Å²) in [7, 11) is 0. The number of carbonyl (C=O) groups excluding carboxylic acids is 2. The minimum atomic E-state index is -0.284. The Bertz CT molecular complexity index is 536. The van der Waals surface area contributed by atoms with Crippen molar-refractivity contribution in [3.63, 3.8) is 0 Å². The van der Waals surface area contributed by atoms with Crippen LogP contribution < -0.4 is 10.6 Å². The first kappa shape index (κ1) is 28.4. The molecule has 0 aliphatic carbocycles. The van der Waals surface area contributed by atoms with Crippen molar-refractivity contribution in [1.82, 2.24) is 10.6 Å². The van der Waals surface area contributed by atoms with E-state index in [1.165, 1.54) is 6.26 Å².